The Morgan fingerprint density at radius 3 is 2.62 bits per heavy atom. The number of anilines is 1. The van der Waals surface area contributed by atoms with Gasteiger partial charge in [0.15, 0.2) is 16.8 Å². The molecule has 0 aliphatic carbocycles. The first kappa shape index (κ1) is 13.6. The van der Waals surface area contributed by atoms with Gasteiger partial charge in [-0.1, -0.05) is 11.3 Å². The number of halogens is 3. The Kier molecular flexibility index (Phi) is 3.34. The third-order valence-electron chi connectivity index (χ3n) is 2.75. The molecule has 0 unspecified atom stereocenters. The standard InChI is InChI=1S/C14H7F3N2OS/c15-8-2-4-11-12(6-8)21-14(18-11)19-13(20)7-1-3-9(16)10(17)5-7/h1-6H,(H,18,19,20). The Morgan fingerprint density at radius 2 is 1.86 bits per heavy atom. The molecule has 0 aliphatic heterocycles. The molecule has 0 bridgehead atoms. The first-order valence-corrected chi connectivity index (χ1v) is 6.67. The summed E-state index contributed by atoms with van der Waals surface area (Å²) in [6.07, 6.45) is 0. The fraction of sp³-hybridized carbons (Fsp3) is 0. The molecule has 1 aromatic heterocycles. The molecule has 0 atom stereocenters. The molecule has 0 spiro atoms. The maximum atomic E-state index is 13.1. The maximum absolute atomic E-state index is 13.1. The van der Waals surface area contributed by atoms with Gasteiger partial charge in [-0.2, -0.15) is 0 Å². The molecular weight excluding hydrogens is 301 g/mol. The van der Waals surface area contributed by atoms with E-state index in [4.69, 9.17) is 0 Å². The van der Waals surface area contributed by atoms with Crippen molar-refractivity contribution >= 4 is 32.6 Å². The number of fused-ring (bicyclic) bond motifs is 1. The van der Waals surface area contributed by atoms with Crippen molar-refractivity contribution in [3.8, 4) is 0 Å². The zero-order valence-electron chi connectivity index (χ0n) is 10.4. The van der Waals surface area contributed by atoms with Crippen LogP contribution in [-0.2, 0) is 0 Å². The molecule has 3 nitrogen and oxygen atoms in total. The normalized spacial score (nSPS) is 10.8. The van der Waals surface area contributed by atoms with Crippen LogP contribution < -0.4 is 5.32 Å². The minimum atomic E-state index is -1.10. The van der Waals surface area contributed by atoms with Crippen LogP contribution in [0.5, 0.6) is 0 Å². The highest BCUT2D eigenvalue weighted by molar-refractivity contribution is 7.22. The molecule has 0 fully saturated rings. The number of aromatic nitrogens is 1. The van der Waals surface area contributed by atoms with Gasteiger partial charge in [0.05, 0.1) is 10.2 Å². The van der Waals surface area contributed by atoms with E-state index in [0.717, 1.165) is 23.5 Å². The van der Waals surface area contributed by atoms with E-state index in [2.05, 4.69) is 10.3 Å². The Labute approximate surface area is 121 Å². The van der Waals surface area contributed by atoms with Crippen molar-refractivity contribution in [3.63, 3.8) is 0 Å². The third-order valence-corrected chi connectivity index (χ3v) is 3.69. The second kappa shape index (κ2) is 5.17. The number of hydrogen-bond donors (Lipinski definition) is 1. The SMILES string of the molecule is O=C(Nc1nc2ccc(F)cc2s1)c1ccc(F)c(F)c1. The number of carbonyl (C=O) groups excluding carboxylic acids is 1. The first-order chi connectivity index (χ1) is 10.0. The lowest BCUT2D eigenvalue weighted by Crippen LogP contribution is -2.12. The van der Waals surface area contributed by atoms with Crippen LogP contribution in [0.25, 0.3) is 10.2 Å². The van der Waals surface area contributed by atoms with Crippen molar-refractivity contribution in [2.75, 3.05) is 5.32 Å². The van der Waals surface area contributed by atoms with Gasteiger partial charge in [0.25, 0.3) is 5.91 Å². The van der Waals surface area contributed by atoms with Crippen molar-refractivity contribution in [3.05, 3.63) is 59.4 Å². The van der Waals surface area contributed by atoms with Crippen molar-refractivity contribution < 1.29 is 18.0 Å². The molecule has 106 valence electrons. The average molecular weight is 308 g/mol. The van der Waals surface area contributed by atoms with E-state index in [1.54, 1.807) is 0 Å². The Bertz CT molecular complexity index is 847. The Balaban J connectivity index is 1.87. The number of hydrogen-bond acceptors (Lipinski definition) is 3. The highest BCUT2D eigenvalue weighted by Crippen LogP contribution is 2.26. The summed E-state index contributed by atoms with van der Waals surface area (Å²) in [7, 11) is 0. The molecule has 2 aromatic carbocycles. The lowest BCUT2D eigenvalue weighted by Gasteiger charge is -2.01. The quantitative estimate of drug-likeness (QED) is 0.778. The lowest BCUT2D eigenvalue weighted by molar-refractivity contribution is 0.102. The number of rotatable bonds is 2. The molecule has 0 radical (unpaired) electrons. The maximum Gasteiger partial charge on any atom is 0.257 e. The highest BCUT2D eigenvalue weighted by atomic mass is 32.1. The summed E-state index contributed by atoms with van der Waals surface area (Å²) in [4.78, 5) is 16.0. The summed E-state index contributed by atoms with van der Waals surface area (Å²) >= 11 is 1.09. The van der Waals surface area contributed by atoms with E-state index in [0.29, 0.717) is 10.2 Å². The molecule has 3 aromatic rings. The van der Waals surface area contributed by atoms with E-state index in [1.807, 2.05) is 0 Å². The minimum absolute atomic E-state index is 0.0284. The summed E-state index contributed by atoms with van der Waals surface area (Å²) in [6, 6.07) is 6.91. The lowest BCUT2D eigenvalue weighted by atomic mass is 10.2. The van der Waals surface area contributed by atoms with Gasteiger partial charge in [-0.15, -0.1) is 0 Å². The van der Waals surface area contributed by atoms with Crippen LogP contribution in [-0.4, -0.2) is 10.9 Å². The number of nitrogens with zero attached hydrogens (tertiary/aromatic N) is 1. The summed E-state index contributed by atoms with van der Waals surface area (Å²) in [5.74, 6) is -3.14. The molecule has 0 saturated carbocycles. The van der Waals surface area contributed by atoms with Crippen LogP contribution in [0.4, 0.5) is 18.3 Å². The van der Waals surface area contributed by atoms with Crippen molar-refractivity contribution in [2.45, 2.75) is 0 Å². The molecule has 21 heavy (non-hydrogen) atoms. The van der Waals surface area contributed by atoms with Gasteiger partial charge in [-0.25, -0.2) is 18.2 Å². The van der Waals surface area contributed by atoms with Crippen LogP contribution in [0.3, 0.4) is 0 Å². The Morgan fingerprint density at radius 1 is 1.05 bits per heavy atom. The van der Waals surface area contributed by atoms with E-state index in [-0.39, 0.29) is 10.7 Å². The molecule has 3 rings (SSSR count). The van der Waals surface area contributed by atoms with Crippen LogP contribution >= 0.6 is 11.3 Å². The third kappa shape index (κ3) is 2.73. The molecule has 1 N–H and O–H groups in total. The number of amides is 1. The van der Waals surface area contributed by atoms with Gasteiger partial charge in [-0.3, -0.25) is 10.1 Å². The number of carbonyl (C=O) groups is 1. The molecule has 7 heteroatoms. The van der Waals surface area contributed by atoms with Crippen molar-refractivity contribution in [1.29, 1.82) is 0 Å². The molecule has 0 aliphatic rings. The van der Waals surface area contributed by atoms with Gasteiger partial charge >= 0.3 is 0 Å². The van der Waals surface area contributed by atoms with E-state index < -0.39 is 23.4 Å². The first-order valence-electron chi connectivity index (χ1n) is 5.85. The highest BCUT2D eigenvalue weighted by Gasteiger charge is 2.12. The molecule has 1 heterocycles. The van der Waals surface area contributed by atoms with Gasteiger partial charge < -0.3 is 0 Å². The number of nitrogens with one attached hydrogen (secondary N) is 1. The predicted octanol–water partition coefficient (Wildman–Crippen LogP) is 3.97. The molecule has 0 saturated heterocycles. The van der Waals surface area contributed by atoms with Crippen LogP contribution in [0.1, 0.15) is 10.4 Å². The van der Waals surface area contributed by atoms with Crippen molar-refractivity contribution in [1.82, 2.24) is 4.98 Å². The van der Waals surface area contributed by atoms with Crippen LogP contribution in [0.2, 0.25) is 0 Å². The minimum Gasteiger partial charge on any atom is -0.298 e. The zero-order valence-corrected chi connectivity index (χ0v) is 11.2. The van der Waals surface area contributed by atoms with Crippen molar-refractivity contribution in [2.24, 2.45) is 0 Å². The fourth-order valence-corrected chi connectivity index (χ4v) is 2.64. The summed E-state index contributed by atoms with van der Waals surface area (Å²) in [5, 5.41) is 2.73. The second-order valence-corrected chi connectivity index (χ2v) is 5.24. The summed E-state index contributed by atoms with van der Waals surface area (Å²) in [6.45, 7) is 0. The summed E-state index contributed by atoms with van der Waals surface area (Å²) in [5.41, 5.74) is 0.515. The summed E-state index contributed by atoms with van der Waals surface area (Å²) < 4.78 is 39.5. The smallest absolute Gasteiger partial charge is 0.257 e. The van der Waals surface area contributed by atoms with Gasteiger partial charge in [0.2, 0.25) is 0 Å². The molecular formula is C14H7F3N2OS. The van der Waals surface area contributed by atoms with Gasteiger partial charge in [0.1, 0.15) is 5.82 Å². The fourth-order valence-electron chi connectivity index (χ4n) is 1.76. The largest absolute Gasteiger partial charge is 0.298 e. The van der Waals surface area contributed by atoms with Gasteiger partial charge in [0, 0.05) is 5.56 Å². The van der Waals surface area contributed by atoms with E-state index in [1.165, 1.54) is 24.3 Å². The zero-order chi connectivity index (χ0) is 15.0. The van der Waals surface area contributed by atoms with E-state index >= 15 is 0 Å². The average Bonchev–Trinajstić information content (AvgIpc) is 2.83. The van der Waals surface area contributed by atoms with E-state index in [9.17, 15) is 18.0 Å². The number of thiazole rings is 1. The van der Waals surface area contributed by atoms with Gasteiger partial charge in [-0.05, 0) is 36.4 Å². The van der Waals surface area contributed by atoms with Crippen LogP contribution in [0, 0.1) is 17.5 Å². The topological polar surface area (TPSA) is 42.0 Å². The molecule has 1 amide bonds. The monoisotopic (exact) mass is 308 g/mol. The predicted molar refractivity (Wildman–Crippen MR) is 73.9 cm³/mol. The Hall–Kier alpha value is -2.41. The van der Waals surface area contributed by atoms with Crippen LogP contribution in [0.15, 0.2) is 36.4 Å². The second-order valence-electron chi connectivity index (χ2n) is 4.21. The number of benzene rings is 2.